The molecular weight excluding hydrogens is 585 g/mol. The van der Waals surface area contributed by atoms with E-state index in [1.807, 2.05) is 20.8 Å². The normalized spacial score (nSPS) is 23.1. The van der Waals surface area contributed by atoms with Crippen LogP contribution in [0, 0.1) is 11.3 Å². The van der Waals surface area contributed by atoms with Crippen LogP contribution in [0.4, 0.5) is 5.95 Å². The van der Waals surface area contributed by atoms with Crippen LogP contribution in [-0.2, 0) is 32.9 Å². The number of carbonyl (C=O) groups is 2. The number of esters is 2. The Morgan fingerprint density at radius 3 is 2.51 bits per heavy atom. The van der Waals surface area contributed by atoms with Crippen LogP contribution in [0.5, 0.6) is 5.88 Å². The van der Waals surface area contributed by atoms with Gasteiger partial charge < -0.3 is 34.3 Å². The van der Waals surface area contributed by atoms with Gasteiger partial charge in [0, 0.05) is 5.92 Å². The first-order valence-corrected chi connectivity index (χ1v) is 15.5. The van der Waals surface area contributed by atoms with Gasteiger partial charge in [-0.3, -0.25) is 18.7 Å². The summed E-state index contributed by atoms with van der Waals surface area (Å²) in [7, 11) is -2.68. The minimum Gasteiger partial charge on any atom is -0.479 e. The van der Waals surface area contributed by atoms with E-state index in [9.17, 15) is 19.3 Å². The standard InChI is InChI=1S/C26H44N7O9P/c1-14-19(35)16(41-22(14)33-13-28-18-20(33)30-24(27)31-21(18)38-9)11-40-43(37,29-10-17(34)42-26(6,7)8)32-15(2)23(36)39-12-25(3,4)5/h13-16,19,22,35H,10-12H2,1-9H3,(H2,27,30,31)(H2,29,32,37). The van der Waals surface area contributed by atoms with E-state index >= 15 is 0 Å². The number of methoxy groups -OCH3 is 1. The van der Waals surface area contributed by atoms with Crippen molar-refractivity contribution in [3.05, 3.63) is 6.33 Å². The lowest BCUT2D eigenvalue weighted by molar-refractivity contribution is -0.153. The molecule has 3 heterocycles. The second-order valence-electron chi connectivity index (χ2n) is 12.6. The first kappa shape index (κ1) is 34.6. The highest BCUT2D eigenvalue weighted by atomic mass is 31.2. The maximum absolute atomic E-state index is 13.9. The summed E-state index contributed by atoms with van der Waals surface area (Å²) in [5, 5.41) is 16.2. The van der Waals surface area contributed by atoms with Crippen LogP contribution >= 0.6 is 7.67 Å². The molecule has 0 spiro atoms. The van der Waals surface area contributed by atoms with Gasteiger partial charge in [-0.25, -0.2) is 15.2 Å². The van der Waals surface area contributed by atoms with Crippen LogP contribution in [0.2, 0.25) is 0 Å². The van der Waals surface area contributed by atoms with E-state index in [-0.39, 0.29) is 30.5 Å². The number of nitrogens with two attached hydrogens (primary N) is 1. The summed E-state index contributed by atoms with van der Waals surface area (Å²) in [5.41, 5.74) is 5.47. The van der Waals surface area contributed by atoms with Crippen molar-refractivity contribution in [3.63, 3.8) is 0 Å². The van der Waals surface area contributed by atoms with E-state index in [4.69, 9.17) is 29.2 Å². The summed E-state index contributed by atoms with van der Waals surface area (Å²) >= 11 is 0. The van der Waals surface area contributed by atoms with Gasteiger partial charge >= 0.3 is 19.6 Å². The van der Waals surface area contributed by atoms with Crippen LogP contribution < -0.4 is 20.6 Å². The number of rotatable bonds is 12. The molecule has 2 aromatic rings. The second-order valence-corrected chi connectivity index (χ2v) is 14.6. The fourth-order valence-corrected chi connectivity index (χ4v) is 5.72. The molecule has 0 radical (unpaired) electrons. The number of fused-ring (bicyclic) bond motifs is 1. The Hall–Kier alpha value is -2.88. The number of nitrogen functional groups attached to an aromatic ring is 1. The molecule has 1 saturated heterocycles. The van der Waals surface area contributed by atoms with Gasteiger partial charge in [0.15, 0.2) is 11.2 Å². The van der Waals surface area contributed by atoms with E-state index in [0.29, 0.717) is 11.2 Å². The van der Waals surface area contributed by atoms with Crippen molar-refractivity contribution in [2.45, 2.75) is 85.5 Å². The lowest BCUT2D eigenvalue weighted by atomic mass is 9.99. The number of aliphatic hydroxyl groups excluding tert-OH is 1. The fraction of sp³-hybridized carbons (Fsp3) is 0.731. The van der Waals surface area contributed by atoms with Gasteiger partial charge in [-0.2, -0.15) is 9.97 Å². The molecule has 0 aliphatic carbocycles. The number of hydrogen-bond donors (Lipinski definition) is 4. The van der Waals surface area contributed by atoms with E-state index in [1.165, 1.54) is 20.4 Å². The number of aliphatic hydroxyl groups is 1. The molecule has 0 bridgehead atoms. The summed E-state index contributed by atoms with van der Waals surface area (Å²) < 4.78 is 43.2. The highest BCUT2D eigenvalue weighted by molar-refractivity contribution is 7.54. The summed E-state index contributed by atoms with van der Waals surface area (Å²) in [6.07, 6.45) is -1.30. The molecule has 0 aromatic carbocycles. The Balaban J connectivity index is 1.76. The molecular formula is C26H44N7O9P. The first-order chi connectivity index (χ1) is 19.8. The van der Waals surface area contributed by atoms with E-state index in [0.717, 1.165) is 0 Å². The van der Waals surface area contributed by atoms with Gasteiger partial charge in [-0.15, -0.1) is 0 Å². The number of aromatic nitrogens is 4. The van der Waals surface area contributed by atoms with E-state index in [2.05, 4.69) is 25.1 Å². The summed E-state index contributed by atoms with van der Waals surface area (Å²) in [6.45, 7) is 13.3. The van der Waals surface area contributed by atoms with Gasteiger partial charge in [-0.05, 0) is 33.1 Å². The van der Waals surface area contributed by atoms with Crippen molar-refractivity contribution in [2.75, 3.05) is 32.6 Å². The monoisotopic (exact) mass is 629 g/mol. The predicted molar refractivity (Wildman–Crippen MR) is 156 cm³/mol. The lowest BCUT2D eigenvalue weighted by Gasteiger charge is -2.26. The highest BCUT2D eigenvalue weighted by Crippen LogP contribution is 2.42. The Morgan fingerprint density at radius 2 is 1.91 bits per heavy atom. The van der Waals surface area contributed by atoms with Crippen molar-refractivity contribution in [2.24, 2.45) is 11.3 Å². The molecule has 1 fully saturated rings. The number of anilines is 1. The quantitative estimate of drug-likeness (QED) is 0.195. The number of hydrogen-bond acceptors (Lipinski definition) is 13. The average molecular weight is 630 g/mol. The summed E-state index contributed by atoms with van der Waals surface area (Å²) in [4.78, 5) is 37.5. The minimum absolute atomic E-state index is 0.0320. The third kappa shape index (κ3) is 9.30. The highest BCUT2D eigenvalue weighted by Gasteiger charge is 2.44. The zero-order chi connectivity index (χ0) is 32.3. The third-order valence-corrected chi connectivity index (χ3v) is 8.01. The van der Waals surface area contributed by atoms with Crippen molar-refractivity contribution in [1.29, 1.82) is 0 Å². The smallest absolute Gasteiger partial charge is 0.342 e. The zero-order valence-electron chi connectivity index (χ0n) is 26.1. The molecule has 1 aliphatic rings. The van der Waals surface area contributed by atoms with Crippen molar-refractivity contribution >= 4 is 36.7 Å². The van der Waals surface area contributed by atoms with Gasteiger partial charge in [0.25, 0.3) is 0 Å². The molecule has 242 valence electrons. The van der Waals surface area contributed by atoms with E-state index in [1.54, 1.807) is 32.3 Å². The van der Waals surface area contributed by atoms with Crippen LogP contribution in [-0.4, -0.2) is 87.3 Å². The summed E-state index contributed by atoms with van der Waals surface area (Å²) in [5.74, 6) is -1.68. The molecule has 5 N–H and O–H groups in total. The molecule has 1 aliphatic heterocycles. The Bertz CT molecular complexity index is 1340. The molecule has 16 nitrogen and oxygen atoms in total. The molecule has 17 heteroatoms. The zero-order valence-corrected chi connectivity index (χ0v) is 27.0. The number of nitrogens with one attached hydrogen (secondary N) is 2. The molecule has 6 unspecified atom stereocenters. The first-order valence-electron chi connectivity index (χ1n) is 13.9. The Labute approximate surface area is 250 Å². The molecule has 6 atom stereocenters. The van der Waals surface area contributed by atoms with Gasteiger partial charge in [0.2, 0.25) is 11.8 Å². The number of nitrogens with zero attached hydrogens (tertiary/aromatic N) is 4. The predicted octanol–water partition coefficient (Wildman–Crippen LogP) is 1.93. The topological polar surface area (TPSA) is 211 Å². The Kier molecular flexibility index (Phi) is 10.8. The van der Waals surface area contributed by atoms with E-state index < -0.39 is 62.2 Å². The molecule has 43 heavy (non-hydrogen) atoms. The number of imidazole rings is 1. The third-order valence-electron chi connectivity index (χ3n) is 6.19. The van der Waals surface area contributed by atoms with Crippen molar-refractivity contribution in [1.82, 2.24) is 29.7 Å². The van der Waals surface area contributed by atoms with Crippen molar-refractivity contribution < 1.29 is 42.7 Å². The van der Waals surface area contributed by atoms with Crippen LogP contribution in [0.15, 0.2) is 6.33 Å². The molecule has 2 aromatic heterocycles. The van der Waals surface area contributed by atoms with Gasteiger partial charge in [0.1, 0.15) is 30.5 Å². The molecule has 3 rings (SSSR count). The van der Waals surface area contributed by atoms with Crippen molar-refractivity contribution in [3.8, 4) is 5.88 Å². The average Bonchev–Trinajstić information content (AvgIpc) is 3.43. The SMILES string of the molecule is COc1nc(N)nc2c1ncn2C1OC(COP(=O)(NCC(=O)OC(C)(C)C)NC(C)C(=O)OCC(C)(C)C)C(O)C1C. The van der Waals surface area contributed by atoms with Gasteiger partial charge in [-0.1, -0.05) is 27.7 Å². The maximum Gasteiger partial charge on any atom is 0.342 e. The minimum atomic E-state index is -4.11. The maximum atomic E-state index is 13.9. The summed E-state index contributed by atoms with van der Waals surface area (Å²) in [6, 6.07) is -1.07. The van der Waals surface area contributed by atoms with Crippen LogP contribution in [0.3, 0.4) is 0 Å². The Morgan fingerprint density at radius 1 is 1.23 bits per heavy atom. The molecule has 0 amide bonds. The van der Waals surface area contributed by atoms with Crippen LogP contribution in [0.1, 0.15) is 61.6 Å². The largest absolute Gasteiger partial charge is 0.479 e. The van der Waals surface area contributed by atoms with Gasteiger partial charge in [0.05, 0.1) is 32.8 Å². The second kappa shape index (κ2) is 13.4. The molecule has 0 saturated carbocycles. The van der Waals surface area contributed by atoms with Crippen LogP contribution in [0.25, 0.3) is 11.2 Å². The number of ether oxygens (including phenoxy) is 4. The lowest BCUT2D eigenvalue weighted by Crippen LogP contribution is -2.41. The number of carbonyl (C=O) groups excluding carboxylic acids is 2. The fourth-order valence-electron chi connectivity index (χ4n) is 4.16.